The summed E-state index contributed by atoms with van der Waals surface area (Å²) in [4.78, 5) is 11.7. The molecule has 0 aliphatic carbocycles. The lowest BCUT2D eigenvalue weighted by Crippen LogP contribution is -2.25. The molecular weight excluding hydrogens is 315 g/mol. The number of fused-ring (bicyclic) bond motifs is 1. The standard InChI is InChI=1S/C20H21FN4/c21-15-8-7-9-16(14-15)22-20-23-18-11-4-3-10-17(18)19(24-20)25-12-5-1-2-6-13-25/h3-4,7-11,14H,1-2,5-6,12-13H2,(H,22,23,24). The van der Waals surface area contributed by atoms with Crippen molar-refractivity contribution in [1.29, 1.82) is 0 Å². The molecule has 2 aromatic carbocycles. The van der Waals surface area contributed by atoms with E-state index in [1.165, 1.54) is 37.8 Å². The summed E-state index contributed by atoms with van der Waals surface area (Å²) in [5.41, 5.74) is 1.55. The molecule has 0 radical (unpaired) electrons. The molecule has 25 heavy (non-hydrogen) atoms. The maximum atomic E-state index is 13.4. The molecule has 1 saturated heterocycles. The molecule has 4 nitrogen and oxygen atoms in total. The first-order valence-electron chi connectivity index (χ1n) is 8.84. The highest BCUT2D eigenvalue weighted by Gasteiger charge is 2.16. The molecule has 1 aliphatic rings. The highest BCUT2D eigenvalue weighted by Crippen LogP contribution is 2.28. The third-order valence-electron chi connectivity index (χ3n) is 4.57. The SMILES string of the molecule is Fc1cccc(Nc2nc(N3CCCCCC3)c3ccccc3n2)c1. The van der Waals surface area contributed by atoms with E-state index in [1.54, 1.807) is 6.07 Å². The van der Waals surface area contributed by atoms with Gasteiger partial charge in [-0.05, 0) is 43.2 Å². The molecule has 0 unspecified atom stereocenters. The second-order valence-corrected chi connectivity index (χ2v) is 6.42. The van der Waals surface area contributed by atoms with Crippen molar-refractivity contribution in [2.75, 3.05) is 23.3 Å². The van der Waals surface area contributed by atoms with Crippen molar-refractivity contribution in [2.45, 2.75) is 25.7 Å². The minimum Gasteiger partial charge on any atom is -0.356 e. The fraction of sp³-hybridized carbons (Fsp3) is 0.300. The van der Waals surface area contributed by atoms with Gasteiger partial charge in [-0.15, -0.1) is 0 Å². The van der Waals surface area contributed by atoms with Gasteiger partial charge in [0.05, 0.1) is 5.52 Å². The summed E-state index contributed by atoms with van der Waals surface area (Å²) < 4.78 is 13.4. The highest BCUT2D eigenvalue weighted by molar-refractivity contribution is 5.90. The van der Waals surface area contributed by atoms with Gasteiger partial charge in [0.25, 0.3) is 0 Å². The van der Waals surface area contributed by atoms with Gasteiger partial charge >= 0.3 is 0 Å². The first kappa shape index (κ1) is 15.8. The second-order valence-electron chi connectivity index (χ2n) is 6.42. The van der Waals surface area contributed by atoms with Gasteiger partial charge < -0.3 is 10.2 Å². The summed E-state index contributed by atoms with van der Waals surface area (Å²) in [5.74, 6) is 1.19. The third-order valence-corrected chi connectivity index (χ3v) is 4.57. The van der Waals surface area contributed by atoms with Crippen LogP contribution in [-0.4, -0.2) is 23.1 Å². The van der Waals surface area contributed by atoms with Gasteiger partial charge in [0.1, 0.15) is 11.6 Å². The smallest absolute Gasteiger partial charge is 0.229 e. The lowest BCUT2D eigenvalue weighted by atomic mass is 10.2. The summed E-state index contributed by atoms with van der Waals surface area (Å²) >= 11 is 0. The first-order chi connectivity index (χ1) is 12.3. The van der Waals surface area contributed by atoms with Gasteiger partial charge in [0.15, 0.2) is 0 Å². The zero-order valence-electron chi connectivity index (χ0n) is 14.1. The number of para-hydroxylation sites is 1. The average molecular weight is 336 g/mol. The van der Waals surface area contributed by atoms with E-state index in [9.17, 15) is 4.39 Å². The molecule has 3 aromatic rings. The van der Waals surface area contributed by atoms with Gasteiger partial charge in [0, 0.05) is 24.2 Å². The van der Waals surface area contributed by atoms with Gasteiger partial charge in [0.2, 0.25) is 5.95 Å². The number of rotatable bonds is 3. The van der Waals surface area contributed by atoms with Gasteiger partial charge in [-0.2, -0.15) is 4.98 Å². The highest BCUT2D eigenvalue weighted by atomic mass is 19.1. The Bertz CT molecular complexity index is 872. The zero-order chi connectivity index (χ0) is 17.1. The molecule has 2 heterocycles. The topological polar surface area (TPSA) is 41.1 Å². The predicted molar refractivity (Wildman–Crippen MR) is 99.9 cm³/mol. The van der Waals surface area contributed by atoms with Crippen LogP contribution in [-0.2, 0) is 0 Å². The summed E-state index contributed by atoms with van der Waals surface area (Å²) in [6.45, 7) is 2.03. The zero-order valence-corrected chi connectivity index (χ0v) is 14.1. The van der Waals surface area contributed by atoms with Crippen LogP contribution in [0.5, 0.6) is 0 Å². The molecular formula is C20H21FN4. The van der Waals surface area contributed by atoms with Crippen LogP contribution in [0.1, 0.15) is 25.7 Å². The molecule has 0 atom stereocenters. The number of anilines is 3. The van der Waals surface area contributed by atoms with Crippen molar-refractivity contribution in [3.63, 3.8) is 0 Å². The van der Waals surface area contributed by atoms with Gasteiger partial charge in [-0.1, -0.05) is 31.0 Å². The Morgan fingerprint density at radius 2 is 1.68 bits per heavy atom. The minimum atomic E-state index is -0.279. The van der Waals surface area contributed by atoms with E-state index in [4.69, 9.17) is 4.98 Å². The molecule has 0 amide bonds. The minimum absolute atomic E-state index is 0.279. The van der Waals surface area contributed by atoms with Crippen LogP contribution < -0.4 is 10.2 Å². The van der Waals surface area contributed by atoms with Crippen molar-refractivity contribution in [2.24, 2.45) is 0 Å². The summed E-state index contributed by atoms with van der Waals surface area (Å²) in [7, 11) is 0. The fourth-order valence-electron chi connectivity index (χ4n) is 3.33. The van der Waals surface area contributed by atoms with E-state index in [2.05, 4.69) is 21.3 Å². The Hall–Kier alpha value is -2.69. The van der Waals surface area contributed by atoms with Crippen molar-refractivity contribution >= 4 is 28.4 Å². The summed E-state index contributed by atoms with van der Waals surface area (Å²) in [6.07, 6.45) is 4.91. The van der Waals surface area contributed by atoms with Crippen molar-refractivity contribution in [1.82, 2.24) is 9.97 Å². The Morgan fingerprint density at radius 1 is 0.880 bits per heavy atom. The van der Waals surface area contributed by atoms with E-state index in [1.807, 2.05) is 24.3 Å². The molecule has 128 valence electrons. The monoisotopic (exact) mass is 336 g/mol. The van der Waals surface area contributed by atoms with E-state index in [0.29, 0.717) is 11.6 Å². The summed E-state index contributed by atoms with van der Waals surface area (Å²) in [6, 6.07) is 14.4. The molecule has 0 bridgehead atoms. The van der Waals surface area contributed by atoms with Crippen LogP contribution in [0.2, 0.25) is 0 Å². The van der Waals surface area contributed by atoms with E-state index in [0.717, 1.165) is 29.8 Å². The quantitative estimate of drug-likeness (QED) is 0.739. The van der Waals surface area contributed by atoms with Gasteiger partial charge in [-0.3, -0.25) is 0 Å². The summed E-state index contributed by atoms with van der Waals surface area (Å²) in [5, 5.41) is 4.21. The normalized spacial score (nSPS) is 15.2. The van der Waals surface area contributed by atoms with Crippen molar-refractivity contribution in [3.8, 4) is 0 Å². The van der Waals surface area contributed by atoms with Crippen LogP contribution in [0.3, 0.4) is 0 Å². The number of benzene rings is 2. The number of hydrogen-bond acceptors (Lipinski definition) is 4. The Labute approximate surface area is 146 Å². The van der Waals surface area contributed by atoms with E-state index < -0.39 is 0 Å². The molecule has 1 fully saturated rings. The van der Waals surface area contributed by atoms with E-state index in [-0.39, 0.29) is 5.82 Å². The first-order valence-corrected chi connectivity index (χ1v) is 8.84. The number of aromatic nitrogens is 2. The molecule has 1 aliphatic heterocycles. The number of hydrogen-bond donors (Lipinski definition) is 1. The predicted octanol–water partition coefficient (Wildman–Crippen LogP) is 4.89. The number of nitrogens with zero attached hydrogens (tertiary/aromatic N) is 3. The number of halogens is 1. The fourth-order valence-corrected chi connectivity index (χ4v) is 3.33. The maximum absolute atomic E-state index is 13.4. The molecule has 0 saturated carbocycles. The second kappa shape index (κ2) is 7.05. The number of nitrogens with one attached hydrogen (secondary N) is 1. The van der Waals surface area contributed by atoms with Crippen LogP contribution in [0.25, 0.3) is 10.9 Å². The molecule has 5 heteroatoms. The molecule has 4 rings (SSSR count). The molecule has 0 spiro atoms. The van der Waals surface area contributed by atoms with Crippen LogP contribution in [0.15, 0.2) is 48.5 Å². The molecule has 1 aromatic heterocycles. The lowest BCUT2D eigenvalue weighted by molar-refractivity contribution is 0.628. The van der Waals surface area contributed by atoms with Crippen LogP contribution in [0, 0.1) is 5.82 Å². The Morgan fingerprint density at radius 3 is 2.48 bits per heavy atom. The van der Waals surface area contributed by atoms with Crippen molar-refractivity contribution < 1.29 is 4.39 Å². The Balaban J connectivity index is 1.75. The molecule has 1 N–H and O–H groups in total. The van der Waals surface area contributed by atoms with Crippen LogP contribution in [0.4, 0.5) is 21.8 Å². The van der Waals surface area contributed by atoms with Crippen molar-refractivity contribution in [3.05, 3.63) is 54.3 Å². The van der Waals surface area contributed by atoms with Crippen LogP contribution >= 0.6 is 0 Å². The largest absolute Gasteiger partial charge is 0.356 e. The Kier molecular flexibility index (Phi) is 4.46. The maximum Gasteiger partial charge on any atom is 0.229 e. The lowest BCUT2D eigenvalue weighted by Gasteiger charge is -2.23. The van der Waals surface area contributed by atoms with E-state index >= 15 is 0 Å². The van der Waals surface area contributed by atoms with Gasteiger partial charge in [-0.25, -0.2) is 9.37 Å². The third kappa shape index (κ3) is 3.55. The average Bonchev–Trinajstić information content (AvgIpc) is 2.90.